The molecule has 10 rings (SSSR count). The summed E-state index contributed by atoms with van der Waals surface area (Å²) < 4.78 is 2.44. The maximum Gasteiger partial charge on any atom is 0.0769 e. The summed E-state index contributed by atoms with van der Waals surface area (Å²) in [6.45, 7) is 0. The fourth-order valence-corrected chi connectivity index (χ4v) is 7.87. The number of nitrogens with one attached hydrogen (secondary N) is 1. The van der Waals surface area contributed by atoms with Crippen LogP contribution in [0.25, 0.3) is 66.4 Å². The summed E-state index contributed by atoms with van der Waals surface area (Å²) in [5.41, 5.74) is 17.7. The maximum atomic E-state index is 3.79. The van der Waals surface area contributed by atoms with E-state index >= 15 is 0 Å². The lowest BCUT2D eigenvalue weighted by molar-refractivity contribution is 0.718. The molecule has 0 spiro atoms. The summed E-state index contributed by atoms with van der Waals surface area (Å²) in [7, 11) is 0. The minimum Gasteiger partial charge on any atom is -0.379 e. The topological polar surface area (TPSA) is 17.0 Å². The van der Waals surface area contributed by atoms with Gasteiger partial charge in [0, 0.05) is 28.2 Å². The van der Waals surface area contributed by atoms with E-state index in [1.54, 1.807) is 0 Å². The molecular weight excluding hydrogens is 569 g/mol. The number of nitrogens with zero attached hydrogens (tertiary/aromatic N) is 1. The fourth-order valence-electron chi connectivity index (χ4n) is 7.87. The number of hydrogen-bond acceptors (Lipinski definition) is 1. The van der Waals surface area contributed by atoms with E-state index in [9.17, 15) is 0 Å². The average Bonchev–Trinajstić information content (AvgIpc) is 3.65. The summed E-state index contributed by atoms with van der Waals surface area (Å²) in [6.07, 6.45) is 2.23. The highest BCUT2D eigenvalue weighted by Gasteiger charge is 2.32. The number of benzene rings is 7. The van der Waals surface area contributed by atoms with Gasteiger partial charge in [-0.1, -0.05) is 127 Å². The van der Waals surface area contributed by atoms with Gasteiger partial charge in [-0.05, 0) is 92.0 Å². The van der Waals surface area contributed by atoms with Crippen molar-refractivity contribution in [2.45, 2.75) is 6.04 Å². The highest BCUT2D eigenvalue weighted by atomic mass is 15.0. The van der Waals surface area contributed by atoms with Crippen LogP contribution in [0.5, 0.6) is 0 Å². The van der Waals surface area contributed by atoms with Gasteiger partial charge in [0.05, 0.1) is 17.1 Å². The Balaban J connectivity index is 1.15. The third-order valence-corrected chi connectivity index (χ3v) is 10.0. The highest BCUT2D eigenvalue weighted by Crippen LogP contribution is 2.49. The molecule has 0 bridgehead atoms. The molecule has 8 aromatic rings. The molecule has 1 aliphatic carbocycles. The van der Waals surface area contributed by atoms with Crippen molar-refractivity contribution in [3.8, 4) is 39.1 Å². The normalized spacial score (nSPS) is 14.5. The minimum atomic E-state index is 0.0606. The first-order chi connectivity index (χ1) is 23.3. The van der Waals surface area contributed by atoms with Gasteiger partial charge >= 0.3 is 0 Å². The molecule has 2 heteroatoms. The van der Waals surface area contributed by atoms with Crippen LogP contribution < -0.4 is 5.32 Å². The van der Waals surface area contributed by atoms with Crippen molar-refractivity contribution in [2.24, 2.45) is 0 Å². The first-order valence-corrected chi connectivity index (χ1v) is 16.3. The largest absolute Gasteiger partial charge is 0.379 e. The molecule has 0 radical (unpaired) electrons. The Morgan fingerprint density at radius 3 is 1.72 bits per heavy atom. The van der Waals surface area contributed by atoms with Crippen LogP contribution in [-0.4, -0.2) is 4.57 Å². The van der Waals surface area contributed by atoms with Crippen LogP contribution in [0.1, 0.15) is 28.3 Å². The second-order valence-electron chi connectivity index (χ2n) is 12.6. The SMILES string of the molecule is C1=C2c3ccccc3-c3cccc(c32)C(c2cccc(-n3c4ccc(-c5ccccc5)cc4c4cc(-c5ccccc5)ccc43)c2)N1. The minimum absolute atomic E-state index is 0.0606. The van der Waals surface area contributed by atoms with Gasteiger partial charge in [-0.3, -0.25) is 0 Å². The monoisotopic (exact) mass is 598 g/mol. The molecule has 220 valence electrons. The molecule has 7 aromatic carbocycles. The maximum absolute atomic E-state index is 3.79. The van der Waals surface area contributed by atoms with Gasteiger partial charge in [0.1, 0.15) is 0 Å². The lowest BCUT2D eigenvalue weighted by atomic mass is 9.88. The van der Waals surface area contributed by atoms with Crippen LogP contribution in [-0.2, 0) is 0 Å². The van der Waals surface area contributed by atoms with Gasteiger partial charge in [0.25, 0.3) is 0 Å². The molecule has 47 heavy (non-hydrogen) atoms. The Kier molecular flexibility index (Phi) is 5.67. The van der Waals surface area contributed by atoms with E-state index in [2.05, 4.69) is 180 Å². The van der Waals surface area contributed by atoms with Crippen molar-refractivity contribution in [3.05, 3.63) is 192 Å². The molecule has 1 aromatic heterocycles. The lowest BCUT2D eigenvalue weighted by Gasteiger charge is -2.27. The molecule has 1 aliphatic heterocycles. The molecule has 0 amide bonds. The van der Waals surface area contributed by atoms with Crippen LogP contribution in [0.15, 0.2) is 170 Å². The Morgan fingerprint density at radius 1 is 0.447 bits per heavy atom. The zero-order valence-corrected chi connectivity index (χ0v) is 25.7. The van der Waals surface area contributed by atoms with E-state index in [0.29, 0.717) is 0 Å². The fraction of sp³-hybridized carbons (Fsp3) is 0.0222. The average molecular weight is 599 g/mol. The second-order valence-corrected chi connectivity index (χ2v) is 12.6. The Hall–Kier alpha value is -6.12. The Bertz CT molecular complexity index is 2440. The summed E-state index contributed by atoms with van der Waals surface area (Å²) >= 11 is 0. The molecule has 1 unspecified atom stereocenters. The third-order valence-electron chi connectivity index (χ3n) is 10.0. The van der Waals surface area contributed by atoms with E-state index in [-0.39, 0.29) is 6.04 Å². The first-order valence-electron chi connectivity index (χ1n) is 16.3. The van der Waals surface area contributed by atoms with Gasteiger partial charge in [0.15, 0.2) is 0 Å². The number of fused-ring (bicyclic) bond motifs is 6. The summed E-state index contributed by atoms with van der Waals surface area (Å²) in [4.78, 5) is 0. The lowest BCUT2D eigenvalue weighted by Crippen LogP contribution is -2.22. The number of aromatic nitrogens is 1. The molecule has 0 saturated heterocycles. The molecule has 0 saturated carbocycles. The summed E-state index contributed by atoms with van der Waals surface area (Å²) in [5, 5.41) is 6.31. The number of hydrogen-bond donors (Lipinski definition) is 1. The van der Waals surface area contributed by atoms with Crippen molar-refractivity contribution in [2.75, 3.05) is 0 Å². The number of rotatable bonds is 4. The van der Waals surface area contributed by atoms with E-state index in [1.807, 2.05) is 0 Å². The van der Waals surface area contributed by atoms with Crippen LogP contribution in [0.2, 0.25) is 0 Å². The van der Waals surface area contributed by atoms with Crippen LogP contribution >= 0.6 is 0 Å². The molecule has 2 heterocycles. The zero-order valence-electron chi connectivity index (χ0n) is 25.7. The molecule has 0 fully saturated rings. The van der Waals surface area contributed by atoms with E-state index in [0.717, 1.165) is 5.69 Å². The standard InChI is InChI=1S/C45H30N2/c1-3-11-29(12-4-1)31-21-23-42-39(26-31)40-27-32(30-13-5-2-6-14-30)22-24-43(40)47(42)34-16-9-15-33(25-34)45-38-20-10-19-37-35-17-7-8-18-36(35)41(28-46-45)44(37)38/h1-28,45-46H. The van der Waals surface area contributed by atoms with Gasteiger partial charge in [-0.15, -0.1) is 0 Å². The van der Waals surface area contributed by atoms with Crippen molar-refractivity contribution < 1.29 is 0 Å². The Morgan fingerprint density at radius 2 is 1.04 bits per heavy atom. The quantitative estimate of drug-likeness (QED) is 0.213. The predicted molar refractivity (Wildman–Crippen MR) is 196 cm³/mol. The second kappa shape index (κ2) is 10.2. The molecule has 2 aliphatic rings. The van der Waals surface area contributed by atoms with E-state index in [4.69, 9.17) is 0 Å². The van der Waals surface area contributed by atoms with Gasteiger partial charge in [-0.25, -0.2) is 0 Å². The predicted octanol–water partition coefficient (Wildman–Crippen LogP) is 11.2. The summed E-state index contributed by atoms with van der Waals surface area (Å²) in [5.74, 6) is 0. The van der Waals surface area contributed by atoms with Gasteiger partial charge < -0.3 is 9.88 Å². The first kappa shape index (κ1) is 26.1. The smallest absolute Gasteiger partial charge is 0.0769 e. The van der Waals surface area contributed by atoms with Crippen LogP contribution in [0, 0.1) is 0 Å². The van der Waals surface area contributed by atoms with E-state index < -0.39 is 0 Å². The Labute approximate surface area is 273 Å². The van der Waals surface area contributed by atoms with Gasteiger partial charge in [0.2, 0.25) is 0 Å². The molecular formula is C45H30N2. The van der Waals surface area contributed by atoms with Crippen LogP contribution in [0.3, 0.4) is 0 Å². The highest BCUT2D eigenvalue weighted by molar-refractivity contribution is 6.11. The third kappa shape index (κ3) is 3.98. The van der Waals surface area contributed by atoms with Crippen molar-refractivity contribution in [3.63, 3.8) is 0 Å². The van der Waals surface area contributed by atoms with Crippen molar-refractivity contribution >= 4 is 27.4 Å². The molecule has 1 atom stereocenters. The molecule has 1 N–H and O–H groups in total. The van der Waals surface area contributed by atoms with Crippen LogP contribution in [0.4, 0.5) is 0 Å². The van der Waals surface area contributed by atoms with Crippen molar-refractivity contribution in [1.29, 1.82) is 0 Å². The molecule has 2 nitrogen and oxygen atoms in total. The van der Waals surface area contributed by atoms with E-state index in [1.165, 1.54) is 83.0 Å². The van der Waals surface area contributed by atoms with Crippen molar-refractivity contribution in [1.82, 2.24) is 9.88 Å². The van der Waals surface area contributed by atoms with Gasteiger partial charge in [-0.2, -0.15) is 0 Å². The zero-order chi connectivity index (χ0) is 30.9. The summed E-state index contributed by atoms with van der Waals surface area (Å²) in [6, 6.07) is 59.9.